The number of likely N-dealkylation sites (tertiary alicyclic amines) is 1. The van der Waals surface area contributed by atoms with Crippen LogP contribution in [0.15, 0.2) is 10.4 Å². The lowest BCUT2D eigenvalue weighted by Gasteiger charge is -2.25. The van der Waals surface area contributed by atoms with Gasteiger partial charge >= 0.3 is 6.18 Å². The standard InChI is InChI=1S/C16H26F3N5OS/c1-11(25-4)14-21-13(9-26-14)7-23(3)15(20-2)22-12-5-6-24(8-12)10-16(17,18)19/h9,11-12H,5-8,10H2,1-4H3,(H,20,22). The topological polar surface area (TPSA) is 53.0 Å². The second kappa shape index (κ2) is 9.01. The molecule has 1 aliphatic heterocycles. The lowest BCUT2D eigenvalue weighted by Crippen LogP contribution is -2.45. The third-order valence-electron chi connectivity index (χ3n) is 4.25. The Hall–Kier alpha value is -1.39. The van der Waals surface area contributed by atoms with E-state index in [9.17, 15) is 13.2 Å². The van der Waals surface area contributed by atoms with Crippen LogP contribution in [0.1, 0.15) is 30.2 Å². The maximum Gasteiger partial charge on any atom is 0.401 e. The largest absolute Gasteiger partial charge is 0.401 e. The van der Waals surface area contributed by atoms with Gasteiger partial charge in [-0.15, -0.1) is 11.3 Å². The van der Waals surface area contributed by atoms with E-state index < -0.39 is 12.7 Å². The van der Waals surface area contributed by atoms with Crippen LogP contribution in [0.2, 0.25) is 0 Å². The number of methoxy groups -OCH3 is 1. The summed E-state index contributed by atoms with van der Waals surface area (Å²) in [4.78, 5) is 12.1. The molecule has 1 aromatic heterocycles. The molecule has 1 aromatic rings. The number of hydrogen-bond donors (Lipinski definition) is 1. The highest BCUT2D eigenvalue weighted by Crippen LogP contribution is 2.22. The van der Waals surface area contributed by atoms with Crippen LogP contribution in [0.25, 0.3) is 0 Å². The summed E-state index contributed by atoms with van der Waals surface area (Å²) < 4.78 is 42.8. The fourth-order valence-corrected chi connectivity index (χ4v) is 3.72. The fourth-order valence-electron chi connectivity index (χ4n) is 2.88. The quantitative estimate of drug-likeness (QED) is 0.595. The van der Waals surface area contributed by atoms with Crippen LogP contribution in [0.4, 0.5) is 13.2 Å². The van der Waals surface area contributed by atoms with Crippen molar-refractivity contribution in [1.29, 1.82) is 0 Å². The lowest BCUT2D eigenvalue weighted by atomic mass is 10.3. The lowest BCUT2D eigenvalue weighted by molar-refractivity contribution is -0.143. The van der Waals surface area contributed by atoms with Gasteiger partial charge in [-0.1, -0.05) is 0 Å². The van der Waals surface area contributed by atoms with Crippen molar-refractivity contribution in [3.8, 4) is 0 Å². The van der Waals surface area contributed by atoms with Gasteiger partial charge in [-0.05, 0) is 13.3 Å². The van der Waals surface area contributed by atoms with E-state index in [0.29, 0.717) is 32.0 Å². The van der Waals surface area contributed by atoms with Crippen LogP contribution in [-0.2, 0) is 11.3 Å². The average Bonchev–Trinajstić information content (AvgIpc) is 3.19. The molecular formula is C16H26F3N5OS. The van der Waals surface area contributed by atoms with Gasteiger partial charge in [0.2, 0.25) is 0 Å². The molecule has 0 radical (unpaired) electrons. The molecule has 1 saturated heterocycles. The molecule has 0 spiro atoms. The van der Waals surface area contributed by atoms with Crippen molar-refractivity contribution < 1.29 is 17.9 Å². The Morgan fingerprint density at radius 1 is 1.58 bits per heavy atom. The minimum Gasteiger partial charge on any atom is -0.375 e. The Labute approximate surface area is 156 Å². The maximum absolute atomic E-state index is 12.5. The van der Waals surface area contributed by atoms with Crippen molar-refractivity contribution in [1.82, 2.24) is 20.1 Å². The van der Waals surface area contributed by atoms with Gasteiger partial charge in [0.15, 0.2) is 5.96 Å². The summed E-state index contributed by atoms with van der Waals surface area (Å²) in [5.41, 5.74) is 0.907. The van der Waals surface area contributed by atoms with Crippen LogP contribution in [0, 0.1) is 0 Å². The molecule has 26 heavy (non-hydrogen) atoms. The van der Waals surface area contributed by atoms with Crippen LogP contribution < -0.4 is 5.32 Å². The number of nitrogens with one attached hydrogen (secondary N) is 1. The van der Waals surface area contributed by atoms with E-state index in [-0.39, 0.29) is 12.1 Å². The monoisotopic (exact) mass is 393 g/mol. The van der Waals surface area contributed by atoms with E-state index >= 15 is 0 Å². The Kier molecular flexibility index (Phi) is 7.24. The van der Waals surface area contributed by atoms with Crippen molar-refractivity contribution in [3.63, 3.8) is 0 Å². The molecule has 148 valence electrons. The molecule has 0 amide bonds. The summed E-state index contributed by atoms with van der Waals surface area (Å²) in [7, 11) is 5.20. The van der Waals surface area contributed by atoms with Crippen molar-refractivity contribution in [3.05, 3.63) is 16.1 Å². The smallest absolute Gasteiger partial charge is 0.375 e. The second-order valence-corrected chi connectivity index (χ2v) is 7.33. The van der Waals surface area contributed by atoms with Gasteiger partial charge < -0.3 is 15.0 Å². The molecule has 2 heterocycles. The summed E-state index contributed by atoms with van der Waals surface area (Å²) in [6, 6.07) is -0.0435. The van der Waals surface area contributed by atoms with Gasteiger partial charge in [0.25, 0.3) is 0 Å². The highest BCUT2D eigenvalue weighted by atomic mass is 32.1. The number of aliphatic imine (C=N–C) groups is 1. The number of alkyl halides is 3. The van der Waals surface area contributed by atoms with E-state index in [2.05, 4.69) is 15.3 Å². The first-order chi connectivity index (χ1) is 12.2. The minimum absolute atomic E-state index is 0.0435. The normalized spacial score (nSPS) is 20.4. The van der Waals surface area contributed by atoms with E-state index in [1.54, 1.807) is 25.5 Å². The predicted octanol–water partition coefficient (Wildman–Crippen LogP) is 2.49. The molecule has 0 bridgehead atoms. The molecule has 0 aliphatic carbocycles. The van der Waals surface area contributed by atoms with Gasteiger partial charge in [0.05, 0.1) is 18.8 Å². The molecule has 10 heteroatoms. The van der Waals surface area contributed by atoms with Gasteiger partial charge in [0.1, 0.15) is 11.1 Å². The Bertz CT molecular complexity index is 607. The summed E-state index contributed by atoms with van der Waals surface area (Å²) in [5, 5.41) is 6.16. The SMILES string of the molecule is CN=C(NC1CCN(CC(F)(F)F)C1)N(C)Cc1csc(C(C)OC)n1. The molecule has 0 saturated carbocycles. The molecule has 1 aliphatic rings. The van der Waals surface area contributed by atoms with Crippen molar-refractivity contribution in [2.45, 2.75) is 38.2 Å². The second-order valence-electron chi connectivity index (χ2n) is 6.44. The molecule has 1 N–H and O–H groups in total. The van der Waals surface area contributed by atoms with Gasteiger partial charge in [-0.2, -0.15) is 13.2 Å². The Balaban J connectivity index is 1.87. The molecule has 2 rings (SSSR count). The summed E-state index contributed by atoms with van der Waals surface area (Å²) in [5.74, 6) is 0.651. The zero-order valence-corrected chi connectivity index (χ0v) is 16.3. The minimum atomic E-state index is -4.16. The number of rotatable bonds is 6. The van der Waals surface area contributed by atoms with E-state index in [0.717, 1.165) is 10.7 Å². The number of ether oxygens (including phenoxy) is 1. The fraction of sp³-hybridized carbons (Fsp3) is 0.750. The molecule has 6 nitrogen and oxygen atoms in total. The van der Waals surface area contributed by atoms with E-state index in [1.165, 1.54) is 4.90 Å². The zero-order valence-electron chi connectivity index (χ0n) is 15.5. The summed E-state index contributed by atoms with van der Waals surface area (Å²) in [6.45, 7) is 2.44. The number of halogens is 3. The summed E-state index contributed by atoms with van der Waals surface area (Å²) in [6.07, 6.45) is -3.54. The highest BCUT2D eigenvalue weighted by Gasteiger charge is 2.34. The molecule has 0 aromatic carbocycles. The maximum atomic E-state index is 12.5. The number of guanidine groups is 1. The first-order valence-electron chi connectivity index (χ1n) is 8.42. The van der Waals surface area contributed by atoms with Crippen LogP contribution >= 0.6 is 11.3 Å². The first-order valence-corrected chi connectivity index (χ1v) is 9.30. The summed E-state index contributed by atoms with van der Waals surface area (Å²) >= 11 is 1.55. The van der Waals surface area contributed by atoms with Crippen LogP contribution in [0.5, 0.6) is 0 Å². The average molecular weight is 393 g/mol. The van der Waals surface area contributed by atoms with E-state index in [4.69, 9.17) is 4.74 Å². The Morgan fingerprint density at radius 2 is 2.31 bits per heavy atom. The first kappa shape index (κ1) is 20.9. The van der Waals surface area contributed by atoms with E-state index in [1.807, 2.05) is 24.3 Å². The van der Waals surface area contributed by atoms with Gasteiger partial charge in [-0.3, -0.25) is 9.89 Å². The van der Waals surface area contributed by atoms with Crippen LogP contribution in [0.3, 0.4) is 0 Å². The third kappa shape index (κ3) is 6.10. The molecule has 1 fully saturated rings. The molecule has 2 atom stereocenters. The number of thiazole rings is 1. The Morgan fingerprint density at radius 3 is 2.92 bits per heavy atom. The number of hydrogen-bond acceptors (Lipinski definition) is 5. The molecule has 2 unspecified atom stereocenters. The highest BCUT2D eigenvalue weighted by molar-refractivity contribution is 7.09. The van der Waals surface area contributed by atoms with Crippen molar-refractivity contribution in [2.75, 3.05) is 40.8 Å². The third-order valence-corrected chi connectivity index (χ3v) is 5.31. The number of nitrogens with zero attached hydrogens (tertiary/aromatic N) is 4. The molecular weight excluding hydrogens is 367 g/mol. The van der Waals surface area contributed by atoms with Crippen molar-refractivity contribution >= 4 is 17.3 Å². The zero-order chi connectivity index (χ0) is 19.3. The van der Waals surface area contributed by atoms with Gasteiger partial charge in [-0.25, -0.2) is 4.98 Å². The number of aromatic nitrogens is 1. The van der Waals surface area contributed by atoms with Gasteiger partial charge in [0, 0.05) is 45.7 Å². The van der Waals surface area contributed by atoms with Crippen molar-refractivity contribution in [2.24, 2.45) is 4.99 Å². The van der Waals surface area contributed by atoms with Crippen LogP contribution in [-0.4, -0.2) is 73.8 Å². The predicted molar refractivity (Wildman–Crippen MR) is 96.4 cm³/mol.